The van der Waals surface area contributed by atoms with Crippen molar-refractivity contribution < 1.29 is 9.63 Å². The number of aliphatic hydroxyl groups excluding tert-OH is 1. The zero-order valence-corrected chi connectivity index (χ0v) is 14.5. The number of benzene rings is 2. The van der Waals surface area contributed by atoms with Gasteiger partial charge in [0.2, 0.25) is 0 Å². The Kier molecular flexibility index (Phi) is 4.85. The summed E-state index contributed by atoms with van der Waals surface area (Å²) in [6.45, 7) is -0.296. The summed E-state index contributed by atoms with van der Waals surface area (Å²) in [5, 5.41) is 15.4. The van der Waals surface area contributed by atoms with E-state index in [-0.39, 0.29) is 6.61 Å². The normalized spacial score (nSPS) is 11.0. The molecule has 7 heteroatoms. The number of aromatic nitrogens is 1. The van der Waals surface area contributed by atoms with Crippen molar-refractivity contribution in [2.24, 2.45) is 0 Å². The highest BCUT2D eigenvalue weighted by molar-refractivity contribution is 6.43. The summed E-state index contributed by atoms with van der Waals surface area (Å²) >= 11 is 24.4. The Hall–Kier alpha value is -1.23. The van der Waals surface area contributed by atoms with Crippen LogP contribution in [0.15, 0.2) is 40.9 Å². The predicted octanol–water partition coefficient (Wildman–Crippen LogP) is 6.11. The molecule has 0 fully saturated rings. The van der Waals surface area contributed by atoms with Crippen molar-refractivity contribution in [3.05, 3.63) is 62.1 Å². The van der Waals surface area contributed by atoms with Gasteiger partial charge in [0, 0.05) is 16.1 Å². The monoisotopic (exact) mass is 387 g/mol. The van der Waals surface area contributed by atoms with E-state index in [0.29, 0.717) is 48.2 Å². The summed E-state index contributed by atoms with van der Waals surface area (Å²) in [6, 6.07) is 10.1. The molecule has 0 amide bonds. The lowest BCUT2D eigenvalue weighted by Gasteiger charge is -2.05. The zero-order chi connectivity index (χ0) is 16.6. The Labute approximate surface area is 152 Å². The van der Waals surface area contributed by atoms with Crippen LogP contribution in [0.25, 0.3) is 22.6 Å². The molecule has 0 spiro atoms. The highest BCUT2D eigenvalue weighted by Gasteiger charge is 2.22. The third-order valence-corrected chi connectivity index (χ3v) is 4.70. The zero-order valence-electron chi connectivity index (χ0n) is 11.5. The maximum atomic E-state index is 9.77. The third-order valence-electron chi connectivity index (χ3n) is 3.33. The molecule has 1 heterocycles. The maximum absolute atomic E-state index is 9.77. The first-order valence-electron chi connectivity index (χ1n) is 6.52. The van der Waals surface area contributed by atoms with Gasteiger partial charge in [-0.3, -0.25) is 0 Å². The van der Waals surface area contributed by atoms with Crippen molar-refractivity contribution in [3.8, 4) is 22.6 Å². The number of nitrogens with zero attached hydrogens (tertiary/aromatic N) is 1. The average Bonchev–Trinajstić information content (AvgIpc) is 2.93. The van der Waals surface area contributed by atoms with Crippen molar-refractivity contribution in [1.82, 2.24) is 5.16 Å². The lowest BCUT2D eigenvalue weighted by molar-refractivity contribution is 0.281. The van der Waals surface area contributed by atoms with Gasteiger partial charge < -0.3 is 9.63 Å². The van der Waals surface area contributed by atoms with E-state index >= 15 is 0 Å². The Bertz CT molecular complexity index is 877. The Balaban J connectivity index is 2.19. The predicted molar refractivity (Wildman–Crippen MR) is 93.3 cm³/mol. The van der Waals surface area contributed by atoms with Crippen molar-refractivity contribution in [1.29, 1.82) is 0 Å². The molecular weight excluding hydrogens is 380 g/mol. The first-order chi connectivity index (χ1) is 11.0. The minimum Gasteiger partial charge on any atom is -0.391 e. The number of aliphatic hydroxyl groups is 1. The van der Waals surface area contributed by atoms with E-state index in [4.69, 9.17) is 50.9 Å². The van der Waals surface area contributed by atoms with Gasteiger partial charge in [0.05, 0.1) is 27.2 Å². The molecule has 0 atom stereocenters. The van der Waals surface area contributed by atoms with Gasteiger partial charge in [-0.25, -0.2) is 0 Å². The standard InChI is InChI=1S/C16H9Cl4NO2/c17-8-4-5-9(13(19)6-8)15-11(7-22)16(23-21-15)10-2-1-3-12(18)14(10)20/h1-6,22H,7H2. The summed E-state index contributed by atoms with van der Waals surface area (Å²) in [5.74, 6) is 0.348. The second kappa shape index (κ2) is 6.71. The number of hydrogen-bond donors (Lipinski definition) is 1. The smallest absolute Gasteiger partial charge is 0.174 e. The molecular formula is C16H9Cl4NO2. The third kappa shape index (κ3) is 3.08. The molecule has 0 unspecified atom stereocenters. The molecule has 1 N–H and O–H groups in total. The minimum atomic E-state index is -0.296. The summed E-state index contributed by atoms with van der Waals surface area (Å²) in [5.41, 5.74) is 2.05. The highest BCUT2D eigenvalue weighted by atomic mass is 35.5. The van der Waals surface area contributed by atoms with Gasteiger partial charge in [-0.15, -0.1) is 0 Å². The van der Waals surface area contributed by atoms with Crippen LogP contribution in [0.2, 0.25) is 20.1 Å². The van der Waals surface area contributed by atoms with Gasteiger partial charge >= 0.3 is 0 Å². The fourth-order valence-corrected chi connectivity index (χ4v) is 3.12. The van der Waals surface area contributed by atoms with Crippen LogP contribution in [0.4, 0.5) is 0 Å². The van der Waals surface area contributed by atoms with Gasteiger partial charge in [0.1, 0.15) is 5.69 Å². The van der Waals surface area contributed by atoms with E-state index in [1.165, 1.54) is 0 Å². The largest absolute Gasteiger partial charge is 0.391 e. The molecule has 0 saturated heterocycles. The molecule has 0 aliphatic heterocycles. The Morgan fingerprint density at radius 3 is 2.43 bits per heavy atom. The van der Waals surface area contributed by atoms with Crippen LogP contribution >= 0.6 is 46.4 Å². The SMILES string of the molecule is OCc1c(-c2ccc(Cl)cc2Cl)noc1-c1cccc(Cl)c1Cl. The second-order valence-electron chi connectivity index (χ2n) is 4.72. The number of halogens is 4. The van der Waals surface area contributed by atoms with Crippen LogP contribution in [0.5, 0.6) is 0 Å². The summed E-state index contributed by atoms with van der Waals surface area (Å²) in [6.07, 6.45) is 0. The topological polar surface area (TPSA) is 46.3 Å². The maximum Gasteiger partial charge on any atom is 0.174 e. The fraction of sp³-hybridized carbons (Fsp3) is 0.0625. The van der Waals surface area contributed by atoms with Gasteiger partial charge in [0.25, 0.3) is 0 Å². The van der Waals surface area contributed by atoms with E-state index in [0.717, 1.165) is 0 Å². The molecule has 23 heavy (non-hydrogen) atoms. The fourth-order valence-electron chi connectivity index (χ4n) is 2.24. The summed E-state index contributed by atoms with van der Waals surface area (Å²) < 4.78 is 5.40. The first-order valence-corrected chi connectivity index (χ1v) is 8.03. The van der Waals surface area contributed by atoms with E-state index < -0.39 is 0 Å². The van der Waals surface area contributed by atoms with Gasteiger partial charge in [-0.05, 0) is 30.3 Å². The molecule has 3 aromatic rings. The van der Waals surface area contributed by atoms with Crippen molar-refractivity contribution in [2.45, 2.75) is 6.61 Å². The number of rotatable bonds is 3. The van der Waals surface area contributed by atoms with Crippen LogP contribution < -0.4 is 0 Å². The molecule has 0 bridgehead atoms. The summed E-state index contributed by atoms with van der Waals surface area (Å²) in [7, 11) is 0. The van der Waals surface area contributed by atoms with Gasteiger partial charge in [0.15, 0.2) is 5.76 Å². The molecule has 3 rings (SSSR count). The van der Waals surface area contributed by atoms with Crippen LogP contribution in [0.3, 0.4) is 0 Å². The molecule has 0 aliphatic rings. The summed E-state index contributed by atoms with van der Waals surface area (Å²) in [4.78, 5) is 0. The van der Waals surface area contributed by atoms with Crippen molar-refractivity contribution >= 4 is 46.4 Å². The van der Waals surface area contributed by atoms with Crippen molar-refractivity contribution in [2.75, 3.05) is 0 Å². The molecule has 2 aromatic carbocycles. The quantitative estimate of drug-likeness (QED) is 0.588. The molecule has 1 aromatic heterocycles. The van der Waals surface area contributed by atoms with E-state index in [1.54, 1.807) is 36.4 Å². The first kappa shape index (κ1) is 16.6. The van der Waals surface area contributed by atoms with Crippen LogP contribution in [-0.2, 0) is 6.61 Å². The Morgan fingerprint density at radius 1 is 0.957 bits per heavy atom. The van der Waals surface area contributed by atoms with E-state index in [1.807, 2.05) is 0 Å². The minimum absolute atomic E-state index is 0.296. The lowest BCUT2D eigenvalue weighted by atomic mass is 10.0. The van der Waals surface area contributed by atoms with Crippen LogP contribution in [-0.4, -0.2) is 10.3 Å². The Morgan fingerprint density at radius 2 is 1.74 bits per heavy atom. The van der Waals surface area contributed by atoms with Gasteiger partial charge in [-0.2, -0.15) is 0 Å². The van der Waals surface area contributed by atoms with E-state index in [2.05, 4.69) is 5.16 Å². The second-order valence-corrected chi connectivity index (χ2v) is 6.35. The lowest BCUT2D eigenvalue weighted by Crippen LogP contribution is -1.90. The highest BCUT2D eigenvalue weighted by Crippen LogP contribution is 2.40. The van der Waals surface area contributed by atoms with Crippen LogP contribution in [0.1, 0.15) is 5.56 Å². The van der Waals surface area contributed by atoms with Crippen molar-refractivity contribution in [3.63, 3.8) is 0 Å². The molecule has 3 nitrogen and oxygen atoms in total. The van der Waals surface area contributed by atoms with E-state index in [9.17, 15) is 5.11 Å². The van der Waals surface area contributed by atoms with Gasteiger partial charge in [-0.1, -0.05) is 57.6 Å². The average molecular weight is 389 g/mol. The molecule has 118 valence electrons. The number of hydrogen-bond acceptors (Lipinski definition) is 3. The molecule has 0 radical (unpaired) electrons. The van der Waals surface area contributed by atoms with Crippen LogP contribution in [0, 0.1) is 0 Å². The molecule has 0 aliphatic carbocycles. The molecule has 0 saturated carbocycles.